The molecule has 22 heavy (non-hydrogen) atoms. The highest BCUT2D eigenvalue weighted by atomic mass is 16.3. The maximum Gasteiger partial charge on any atom is 0.251 e. The van der Waals surface area contributed by atoms with Crippen molar-refractivity contribution in [2.75, 3.05) is 5.32 Å². The molecule has 2 amide bonds. The molecule has 0 saturated heterocycles. The molecule has 0 bridgehead atoms. The Morgan fingerprint density at radius 1 is 1.27 bits per heavy atom. The number of carbonyl (C=O) groups excluding carboxylic acids is 2. The molecule has 0 fully saturated rings. The van der Waals surface area contributed by atoms with Crippen molar-refractivity contribution in [3.8, 4) is 0 Å². The van der Waals surface area contributed by atoms with E-state index in [0.717, 1.165) is 22.8 Å². The third-order valence-electron chi connectivity index (χ3n) is 3.80. The lowest BCUT2D eigenvalue weighted by atomic mass is 10.00. The molecule has 1 aromatic heterocycles. The van der Waals surface area contributed by atoms with Gasteiger partial charge in [-0.2, -0.15) is 0 Å². The summed E-state index contributed by atoms with van der Waals surface area (Å²) in [4.78, 5) is 23.7. The fraction of sp³-hybridized carbons (Fsp3) is 0.294. The van der Waals surface area contributed by atoms with Crippen LogP contribution in [0.2, 0.25) is 0 Å². The smallest absolute Gasteiger partial charge is 0.251 e. The van der Waals surface area contributed by atoms with Gasteiger partial charge in [-0.05, 0) is 56.2 Å². The van der Waals surface area contributed by atoms with E-state index in [1.165, 1.54) is 0 Å². The summed E-state index contributed by atoms with van der Waals surface area (Å²) in [7, 11) is 0. The van der Waals surface area contributed by atoms with E-state index < -0.39 is 0 Å². The van der Waals surface area contributed by atoms with Crippen LogP contribution in [0.5, 0.6) is 0 Å². The molecule has 1 unspecified atom stereocenters. The van der Waals surface area contributed by atoms with Crippen molar-refractivity contribution in [1.29, 1.82) is 0 Å². The number of aryl methyl sites for hydroxylation is 2. The van der Waals surface area contributed by atoms with Gasteiger partial charge in [-0.3, -0.25) is 9.59 Å². The highest BCUT2D eigenvalue weighted by molar-refractivity contribution is 5.98. The van der Waals surface area contributed by atoms with E-state index in [4.69, 9.17) is 4.42 Å². The van der Waals surface area contributed by atoms with E-state index in [9.17, 15) is 9.59 Å². The van der Waals surface area contributed by atoms with Crippen molar-refractivity contribution < 1.29 is 14.0 Å². The minimum absolute atomic E-state index is 0.0199. The van der Waals surface area contributed by atoms with Gasteiger partial charge in [0.05, 0.1) is 6.04 Å². The highest BCUT2D eigenvalue weighted by Crippen LogP contribution is 2.24. The molecule has 1 atom stereocenters. The third-order valence-corrected chi connectivity index (χ3v) is 3.80. The molecule has 0 saturated carbocycles. The SMILES string of the molecule is Cc1ccc(C(C)NC(=O)c2ccc3c(c2)CCC(=O)N3)o1. The fourth-order valence-electron chi connectivity index (χ4n) is 2.56. The van der Waals surface area contributed by atoms with E-state index >= 15 is 0 Å². The molecule has 2 aromatic rings. The van der Waals surface area contributed by atoms with Gasteiger partial charge in [-0.1, -0.05) is 0 Å². The maximum atomic E-state index is 12.3. The molecule has 114 valence electrons. The van der Waals surface area contributed by atoms with E-state index in [-0.39, 0.29) is 17.9 Å². The highest BCUT2D eigenvalue weighted by Gasteiger charge is 2.18. The van der Waals surface area contributed by atoms with Gasteiger partial charge >= 0.3 is 0 Å². The van der Waals surface area contributed by atoms with Gasteiger partial charge < -0.3 is 15.1 Å². The molecule has 1 aromatic carbocycles. The Morgan fingerprint density at radius 2 is 2.09 bits per heavy atom. The Morgan fingerprint density at radius 3 is 2.82 bits per heavy atom. The summed E-state index contributed by atoms with van der Waals surface area (Å²) in [5.74, 6) is 1.42. The van der Waals surface area contributed by atoms with E-state index in [0.29, 0.717) is 18.4 Å². The number of benzene rings is 1. The van der Waals surface area contributed by atoms with Crippen LogP contribution in [0.3, 0.4) is 0 Å². The Labute approximate surface area is 128 Å². The van der Waals surface area contributed by atoms with E-state index in [2.05, 4.69) is 10.6 Å². The summed E-state index contributed by atoms with van der Waals surface area (Å²) in [6.45, 7) is 3.75. The van der Waals surface area contributed by atoms with Crippen LogP contribution in [0.4, 0.5) is 5.69 Å². The summed E-state index contributed by atoms with van der Waals surface area (Å²) >= 11 is 0. The normalized spacial score (nSPS) is 14.9. The van der Waals surface area contributed by atoms with Crippen LogP contribution in [0, 0.1) is 6.92 Å². The van der Waals surface area contributed by atoms with Gasteiger partial charge in [-0.15, -0.1) is 0 Å². The molecule has 2 N–H and O–H groups in total. The van der Waals surface area contributed by atoms with Gasteiger partial charge in [0.1, 0.15) is 11.5 Å². The van der Waals surface area contributed by atoms with Gasteiger partial charge in [-0.25, -0.2) is 0 Å². The monoisotopic (exact) mass is 298 g/mol. The standard InChI is InChI=1S/C17H18N2O3/c1-10-3-7-15(22-10)11(2)18-17(21)13-4-6-14-12(9-13)5-8-16(20)19-14/h3-4,6-7,9,11H,5,8H2,1-2H3,(H,18,21)(H,19,20). The van der Waals surface area contributed by atoms with Crippen LogP contribution < -0.4 is 10.6 Å². The van der Waals surface area contributed by atoms with Gasteiger partial charge in [0.25, 0.3) is 5.91 Å². The van der Waals surface area contributed by atoms with Gasteiger partial charge in [0.2, 0.25) is 5.91 Å². The van der Waals surface area contributed by atoms with E-state index in [1.54, 1.807) is 12.1 Å². The van der Waals surface area contributed by atoms with Crippen LogP contribution in [0.15, 0.2) is 34.7 Å². The first kappa shape index (κ1) is 14.4. The number of hydrogen-bond acceptors (Lipinski definition) is 3. The first-order valence-electron chi connectivity index (χ1n) is 7.33. The summed E-state index contributed by atoms with van der Waals surface area (Å²) in [6.07, 6.45) is 1.12. The predicted octanol–water partition coefficient (Wildman–Crippen LogP) is 2.96. The quantitative estimate of drug-likeness (QED) is 0.915. The molecule has 1 aliphatic heterocycles. The van der Waals surface area contributed by atoms with Crippen molar-refractivity contribution in [2.45, 2.75) is 32.7 Å². The molecule has 2 heterocycles. The van der Waals surface area contributed by atoms with Crippen molar-refractivity contribution >= 4 is 17.5 Å². The predicted molar refractivity (Wildman–Crippen MR) is 82.7 cm³/mol. The van der Waals surface area contributed by atoms with Crippen LogP contribution in [0.1, 0.15) is 46.8 Å². The van der Waals surface area contributed by atoms with Gasteiger partial charge in [0, 0.05) is 17.7 Å². The molecule has 0 spiro atoms. The van der Waals surface area contributed by atoms with Gasteiger partial charge in [0.15, 0.2) is 0 Å². The molecule has 5 heteroatoms. The lowest BCUT2D eigenvalue weighted by Crippen LogP contribution is -2.27. The molecular formula is C17H18N2O3. The summed E-state index contributed by atoms with van der Waals surface area (Å²) in [5.41, 5.74) is 2.38. The second kappa shape index (κ2) is 5.67. The van der Waals surface area contributed by atoms with Crippen molar-refractivity contribution in [1.82, 2.24) is 5.32 Å². The van der Waals surface area contributed by atoms with E-state index in [1.807, 2.05) is 32.0 Å². The van der Waals surface area contributed by atoms with Crippen molar-refractivity contribution in [3.63, 3.8) is 0 Å². The second-order valence-corrected chi connectivity index (χ2v) is 5.56. The number of fused-ring (bicyclic) bond motifs is 1. The topological polar surface area (TPSA) is 71.3 Å². The molecule has 5 nitrogen and oxygen atoms in total. The largest absolute Gasteiger partial charge is 0.464 e. The van der Waals surface area contributed by atoms with Crippen molar-refractivity contribution in [2.24, 2.45) is 0 Å². The number of anilines is 1. The average molecular weight is 298 g/mol. The maximum absolute atomic E-state index is 12.3. The van der Waals surface area contributed by atoms with Crippen LogP contribution in [-0.2, 0) is 11.2 Å². The number of furan rings is 1. The lowest BCUT2D eigenvalue weighted by Gasteiger charge is -2.18. The molecule has 1 aliphatic rings. The minimum atomic E-state index is -0.197. The second-order valence-electron chi connectivity index (χ2n) is 5.56. The van der Waals surface area contributed by atoms with Crippen molar-refractivity contribution in [3.05, 3.63) is 53.0 Å². The Bertz CT molecular complexity index is 733. The number of carbonyl (C=O) groups is 2. The number of rotatable bonds is 3. The summed E-state index contributed by atoms with van der Waals surface area (Å²) < 4.78 is 5.52. The Hall–Kier alpha value is -2.56. The fourth-order valence-corrected chi connectivity index (χ4v) is 2.56. The zero-order valence-corrected chi connectivity index (χ0v) is 12.6. The first-order chi connectivity index (χ1) is 10.5. The number of amides is 2. The zero-order valence-electron chi connectivity index (χ0n) is 12.6. The minimum Gasteiger partial charge on any atom is -0.464 e. The molecule has 0 aliphatic carbocycles. The average Bonchev–Trinajstić information content (AvgIpc) is 2.93. The van der Waals surface area contributed by atoms with Crippen LogP contribution in [-0.4, -0.2) is 11.8 Å². The number of hydrogen-bond donors (Lipinski definition) is 2. The summed E-state index contributed by atoms with van der Waals surface area (Å²) in [5, 5.41) is 5.73. The zero-order chi connectivity index (χ0) is 15.7. The Kier molecular flexibility index (Phi) is 3.71. The Balaban J connectivity index is 1.74. The number of nitrogens with one attached hydrogen (secondary N) is 2. The first-order valence-corrected chi connectivity index (χ1v) is 7.33. The molecule has 3 rings (SSSR count). The molecule has 0 radical (unpaired) electrons. The van der Waals surface area contributed by atoms with Crippen LogP contribution in [0.25, 0.3) is 0 Å². The molecular weight excluding hydrogens is 280 g/mol. The summed E-state index contributed by atoms with van der Waals surface area (Å²) in [6, 6.07) is 8.88. The van der Waals surface area contributed by atoms with Crippen LogP contribution >= 0.6 is 0 Å². The third kappa shape index (κ3) is 2.88. The lowest BCUT2D eigenvalue weighted by molar-refractivity contribution is -0.116.